The number of ether oxygens (including phenoxy) is 1. The molecule has 1 amide bonds. The third-order valence-electron chi connectivity index (χ3n) is 5.33. The molecule has 1 aromatic carbocycles. The van der Waals surface area contributed by atoms with Crippen LogP contribution in [0.3, 0.4) is 0 Å². The van der Waals surface area contributed by atoms with Gasteiger partial charge in [-0.15, -0.1) is 11.3 Å². The van der Waals surface area contributed by atoms with Gasteiger partial charge in [0.2, 0.25) is 0 Å². The van der Waals surface area contributed by atoms with Gasteiger partial charge in [-0.05, 0) is 42.0 Å². The molecule has 2 aliphatic rings. The number of carboxylic acid groups (broad SMARTS) is 1. The van der Waals surface area contributed by atoms with Gasteiger partial charge < -0.3 is 14.7 Å². The van der Waals surface area contributed by atoms with Gasteiger partial charge >= 0.3 is 5.97 Å². The van der Waals surface area contributed by atoms with Crippen LogP contribution in [0.5, 0.6) is 0 Å². The molecule has 1 saturated heterocycles. The highest BCUT2D eigenvalue weighted by Gasteiger charge is 2.37. The highest BCUT2D eigenvalue weighted by atomic mass is 32.1. The van der Waals surface area contributed by atoms with Crippen molar-refractivity contribution in [2.45, 2.75) is 37.8 Å². The number of nitrogens with zero attached hydrogens (tertiary/aromatic N) is 1. The largest absolute Gasteiger partial charge is 0.481 e. The smallest absolute Gasteiger partial charge is 0.305 e. The molecular formula is C20H21NO4S. The number of aryl methyl sites for hydroxylation is 2. The monoisotopic (exact) mass is 371 g/mol. The number of thiophene rings is 1. The van der Waals surface area contributed by atoms with Crippen molar-refractivity contribution in [3.8, 4) is 10.4 Å². The van der Waals surface area contributed by atoms with E-state index in [1.54, 1.807) is 12.0 Å². The summed E-state index contributed by atoms with van der Waals surface area (Å²) in [5.74, 6) is -0.961. The third kappa shape index (κ3) is 3.04. The molecule has 0 bridgehead atoms. The fraction of sp³-hybridized carbons (Fsp3) is 0.400. The average molecular weight is 371 g/mol. The summed E-state index contributed by atoms with van der Waals surface area (Å²) in [6.07, 6.45) is 2.36. The Hall–Kier alpha value is -2.18. The molecule has 4 rings (SSSR count). The number of likely N-dealkylation sites (tertiary alicyclic amines) is 1. The highest BCUT2D eigenvalue weighted by Crippen LogP contribution is 2.40. The van der Waals surface area contributed by atoms with Gasteiger partial charge in [0.1, 0.15) is 0 Å². The van der Waals surface area contributed by atoms with Crippen LogP contribution >= 0.6 is 11.3 Å². The summed E-state index contributed by atoms with van der Waals surface area (Å²) in [6, 6.07) is 10.0. The van der Waals surface area contributed by atoms with Crippen LogP contribution in [0.25, 0.3) is 10.4 Å². The molecule has 136 valence electrons. The zero-order chi connectivity index (χ0) is 18.3. The van der Waals surface area contributed by atoms with E-state index in [2.05, 4.69) is 18.2 Å². The average Bonchev–Trinajstić information content (AvgIpc) is 3.24. The maximum absolute atomic E-state index is 13.1. The van der Waals surface area contributed by atoms with E-state index in [0.717, 1.165) is 12.8 Å². The molecule has 1 N–H and O–H groups in total. The Morgan fingerprint density at radius 2 is 2.04 bits per heavy atom. The standard InChI is InChI=1S/C20H21NO4S/c1-25-15-9-14(10-18(22)23)21(11-15)20(24)17-8-13-7-6-12-4-2-3-5-16(12)19(13)26-17/h2-5,8,14-15H,6-7,9-11H2,1H3,(H,22,23). The number of aliphatic carboxylic acids is 1. The van der Waals surface area contributed by atoms with E-state index in [1.807, 2.05) is 12.1 Å². The summed E-state index contributed by atoms with van der Waals surface area (Å²) in [6.45, 7) is 0.451. The predicted molar refractivity (Wildman–Crippen MR) is 99.7 cm³/mol. The molecule has 6 heteroatoms. The molecule has 1 fully saturated rings. The van der Waals surface area contributed by atoms with Crippen LogP contribution in [0.4, 0.5) is 0 Å². The van der Waals surface area contributed by atoms with Crippen LogP contribution in [-0.4, -0.2) is 47.7 Å². The Morgan fingerprint density at radius 1 is 1.27 bits per heavy atom. The topological polar surface area (TPSA) is 66.8 Å². The van der Waals surface area contributed by atoms with Gasteiger partial charge in [-0.1, -0.05) is 24.3 Å². The molecule has 0 radical (unpaired) electrons. The lowest BCUT2D eigenvalue weighted by molar-refractivity contribution is -0.137. The highest BCUT2D eigenvalue weighted by molar-refractivity contribution is 7.17. The number of rotatable bonds is 4. The summed E-state index contributed by atoms with van der Waals surface area (Å²) in [5.41, 5.74) is 3.76. The lowest BCUT2D eigenvalue weighted by Gasteiger charge is -2.22. The van der Waals surface area contributed by atoms with Gasteiger partial charge in [0.25, 0.3) is 5.91 Å². The van der Waals surface area contributed by atoms with E-state index in [-0.39, 0.29) is 24.5 Å². The van der Waals surface area contributed by atoms with E-state index in [4.69, 9.17) is 9.84 Å². The van der Waals surface area contributed by atoms with Crippen molar-refractivity contribution < 1.29 is 19.4 Å². The molecule has 1 aliphatic heterocycles. The zero-order valence-electron chi connectivity index (χ0n) is 14.6. The van der Waals surface area contributed by atoms with Gasteiger partial charge in [0.15, 0.2) is 0 Å². The number of carbonyl (C=O) groups is 2. The Balaban J connectivity index is 1.63. The van der Waals surface area contributed by atoms with E-state index in [0.29, 0.717) is 17.8 Å². The van der Waals surface area contributed by atoms with E-state index < -0.39 is 5.97 Å². The molecule has 1 aliphatic carbocycles. The van der Waals surface area contributed by atoms with Crippen LogP contribution in [0, 0.1) is 0 Å². The van der Waals surface area contributed by atoms with Crippen molar-refractivity contribution >= 4 is 23.2 Å². The van der Waals surface area contributed by atoms with Crippen molar-refractivity contribution in [2.75, 3.05) is 13.7 Å². The van der Waals surface area contributed by atoms with Crippen LogP contribution in [0.2, 0.25) is 0 Å². The molecule has 1 aromatic heterocycles. The fourth-order valence-corrected chi connectivity index (χ4v) is 5.23. The minimum absolute atomic E-state index is 0.0421. The minimum atomic E-state index is -0.885. The number of hydrogen-bond acceptors (Lipinski definition) is 4. The first-order chi connectivity index (χ1) is 12.6. The van der Waals surface area contributed by atoms with E-state index in [1.165, 1.54) is 32.9 Å². The van der Waals surface area contributed by atoms with Crippen molar-refractivity contribution in [1.29, 1.82) is 0 Å². The van der Waals surface area contributed by atoms with Gasteiger partial charge in [-0.25, -0.2) is 0 Å². The molecule has 2 heterocycles. The predicted octanol–water partition coefficient (Wildman–Crippen LogP) is 3.22. The zero-order valence-corrected chi connectivity index (χ0v) is 15.4. The summed E-state index contributed by atoms with van der Waals surface area (Å²) in [7, 11) is 1.61. The second kappa shape index (κ2) is 6.85. The van der Waals surface area contributed by atoms with Crippen LogP contribution in [-0.2, 0) is 22.4 Å². The maximum atomic E-state index is 13.1. The third-order valence-corrected chi connectivity index (χ3v) is 6.52. The van der Waals surface area contributed by atoms with Crippen molar-refractivity contribution in [3.05, 3.63) is 46.3 Å². The second-order valence-electron chi connectivity index (χ2n) is 6.92. The summed E-state index contributed by atoms with van der Waals surface area (Å²) in [4.78, 5) is 27.8. The second-order valence-corrected chi connectivity index (χ2v) is 7.98. The molecule has 26 heavy (non-hydrogen) atoms. The first-order valence-electron chi connectivity index (χ1n) is 8.83. The molecule has 0 spiro atoms. The SMILES string of the molecule is COC1CC(CC(=O)O)N(C(=O)c2cc3c(s2)-c2ccccc2CC3)C1. The number of methoxy groups -OCH3 is 1. The number of hydrogen-bond donors (Lipinski definition) is 1. The quantitative estimate of drug-likeness (QED) is 0.896. The molecule has 2 atom stereocenters. The first kappa shape index (κ1) is 17.2. The molecule has 2 aromatic rings. The van der Waals surface area contributed by atoms with Crippen LogP contribution < -0.4 is 0 Å². The lowest BCUT2D eigenvalue weighted by Crippen LogP contribution is -2.36. The number of fused-ring (bicyclic) bond motifs is 3. The van der Waals surface area contributed by atoms with E-state index >= 15 is 0 Å². The lowest BCUT2D eigenvalue weighted by atomic mass is 9.91. The molecular weight excluding hydrogens is 350 g/mol. The molecule has 2 unspecified atom stereocenters. The van der Waals surface area contributed by atoms with Crippen molar-refractivity contribution in [3.63, 3.8) is 0 Å². The molecule has 5 nitrogen and oxygen atoms in total. The Morgan fingerprint density at radius 3 is 2.81 bits per heavy atom. The number of carbonyl (C=O) groups excluding carboxylic acids is 1. The summed E-state index contributed by atoms with van der Waals surface area (Å²) in [5, 5.41) is 9.17. The van der Waals surface area contributed by atoms with Crippen molar-refractivity contribution in [1.82, 2.24) is 4.90 Å². The van der Waals surface area contributed by atoms with Crippen molar-refractivity contribution in [2.24, 2.45) is 0 Å². The Bertz CT molecular complexity index is 859. The summed E-state index contributed by atoms with van der Waals surface area (Å²) < 4.78 is 5.38. The van der Waals surface area contributed by atoms with Crippen LogP contribution in [0.1, 0.15) is 33.6 Å². The normalized spacial score (nSPS) is 21.3. The van der Waals surface area contributed by atoms with E-state index in [9.17, 15) is 9.59 Å². The first-order valence-corrected chi connectivity index (χ1v) is 9.65. The molecule has 0 saturated carbocycles. The summed E-state index contributed by atoms with van der Waals surface area (Å²) >= 11 is 1.52. The van der Waals surface area contributed by atoms with Gasteiger partial charge in [0, 0.05) is 24.6 Å². The Kier molecular flexibility index (Phi) is 4.54. The minimum Gasteiger partial charge on any atom is -0.481 e. The van der Waals surface area contributed by atoms with Gasteiger partial charge in [-0.3, -0.25) is 9.59 Å². The van der Waals surface area contributed by atoms with Crippen LogP contribution in [0.15, 0.2) is 30.3 Å². The Labute approximate surface area is 156 Å². The maximum Gasteiger partial charge on any atom is 0.305 e. The fourth-order valence-electron chi connectivity index (χ4n) is 4.01. The van der Waals surface area contributed by atoms with Gasteiger partial charge in [0.05, 0.1) is 17.4 Å². The number of benzene rings is 1. The van der Waals surface area contributed by atoms with Gasteiger partial charge in [-0.2, -0.15) is 0 Å². The number of amides is 1. The number of carboxylic acids is 1.